The number of esters is 2. The molecule has 8 heteroatoms. The second-order valence-corrected chi connectivity index (χ2v) is 11.6. The van der Waals surface area contributed by atoms with Gasteiger partial charge in [0.25, 0.3) is 0 Å². The molecule has 0 bridgehead atoms. The summed E-state index contributed by atoms with van der Waals surface area (Å²) in [6, 6.07) is 28.7. The molecule has 0 aromatic heterocycles. The number of carbonyl (C=O) groups is 2. The Labute approximate surface area is 265 Å². The van der Waals surface area contributed by atoms with E-state index in [2.05, 4.69) is 75.5 Å². The molecule has 0 spiro atoms. The lowest BCUT2D eigenvalue weighted by atomic mass is 9.75. The normalized spacial score (nSPS) is 19.5. The van der Waals surface area contributed by atoms with Crippen molar-refractivity contribution in [2.75, 3.05) is 45.9 Å². The molecular formula is C36H40ClN3O4. The molecule has 44 heavy (non-hydrogen) atoms. The Hall–Kier alpha value is -3.78. The first-order valence-corrected chi connectivity index (χ1v) is 15.7. The number of hydrogen-bond acceptors (Lipinski definition) is 7. The van der Waals surface area contributed by atoms with Crippen molar-refractivity contribution in [2.24, 2.45) is 10.9 Å². The van der Waals surface area contributed by atoms with Gasteiger partial charge in [-0.3, -0.25) is 19.6 Å². The summed E-state index contributed by atoms with van der Waals surface area (Å²) in [4.78, 5) is 36.2. The molecule has 0 amide bonds. The molecule has 2 heterocycles. The average Bonchev–Trinajstić information content (AvgIpc) is 3.03. The van der Waals surface area contributed by atoms with E-state index in [0.29, 0.717) is 34.1 Å². The molecule has 1 fully saturated rings. The predicted octanol–water partition coefficient (Wildman–Crippen LogP) is 6.30. The van der Waals surface area contributed by atoms with Crippen LogP contribution < -0.4 is 0 Å². The van der Waals surface area contributed by atoms with E-state index >= 15 is 0 Å². The van der Waals surface area contributed by atoms with Gasteiger partial charge in [0.1, 0.15) is 12.5 Å². The largest absolute Gasteiger partial charge is 0.465 e. The summed E-state index contributed by atoms with van der Waals surface area (Å²) in [6.07, 6.45) is 0. The number of nitrogens with zero attached hydrogens (tertiary/aromatic N) is 3. The van der Waals surface area contributed by atoms with Crippen LogP contribution in [0.3, 0.4) is 0 Å². The lowest BCUT2D eigenvalue weighted by Crippen LogP contribution is -2.48. The maximum Gasteiger partial charge on any atom is 0.336 e. The maximum absolute atomic E-state index is 13.7. The maximum atomic E-state index is 13.7. The molecule has 3 aromatic carbocycles. The number of carbonyl (C=O) groups excluding carboxylic acids is 2. The van der Waals surface area contributed by atoms with Crippen LogP contribution in [0.25, 0.3) is 0 Å². The molecule has 2 aliphatic rings. The molecule has 0 saturated carbocycles. The van der Waals surface area contributed by atoms with Crippen LogP contribution in [0.5, 0.6) is 0 Å². The van der Waals surface area contributed by atoms with Gasteiger partial charge >= 0.3 is 11.9 Å². The van der Waals surface area contributed by atoms with Crippen LogP contribution in [-0.2, 0) is 19.1 Å². The molecular weight excluding hydrogens is 574 g/mol. The van der Waals surface area contributed by atoms with Crippen LogP contribution in [0.15, 0.2) is 101 Å². The Morgan fingerprint density at radius 2 is 1.45 bits per heavy atom. The van der Waals surface area contributed by atoms with Crippen molar-refractivity contribution < 1.29 is 19.1 Å². The number of ether oxygens (including phenoxy) is 2. The Balaban J connectivity index is 1.25. The van der Waals surface area contributed by atoms with Gasteiger partial charge in [0.05, 0.1) is 18.2 Å². The minimum Gasteiger partial charge on any atom is -0.465 e. The Bertz CT molecular complexity index is 1460. The van der Waals surface area contributed by atoms with E-state index < -0.39 is 23.8 Å². The van der Waals surface area contributed by atoms with Gasteiger partial charge in [-0.25, -0.2) is 4.79 Å². The second kappa shape index (κ2) is 14.8. The van der Waals surface area contributed by atoms with E-state index in [1.165, 1.54) is 11.1 Å². The lowest BCUT2D eigenvalue weighted by molar-refractivity contribution is -0.146. The first-order chi connectivity index (χ1) is 21.4. The first-order valence-electron chi connectivity index (χ1n) is 15.3. The number of allylic oxidation sites excluding steroid dienone is 1. The number of piperazine rings is 1. The van der Waals surface area contributed by atoms with E-state index in [0.717, 1.165) is 26.2 Å². The molecule has 2 atom stereocenters. The summed E-state index contributed by atoms with van der Waals surface area (Å²) < 4.78 is 11.3. The zero-order chi connectivity index (χ0) is 31.1. The van der Waals surface area contributed by atoms with Crippen LogP contribution in [0.4, 0.5) is 0 Å². The number of halogens is 1. The smallest absolute Gasteiger partial charge is 0.336 e. The standard InChI is InChI=1S/C36H40ClN3O4/c1-4-43-35(41)31-25(2)38-26(3)32(33(31)29-17-11-12-18-30(29)37)36(42)44-24-23-39-19-21-40(22-20-39)34(27-13-7-5-8-14-27)28-15-9-6-10-16-28/h5-18,31,33-34H,4,19-24H2,1-3H3. The van der Waals surface area contributed by atoms with Crippen LogP contribution in [0.1, 0.15) is 49.4 Å². The average molecular weight is 614 g/mol. The fourth-order valence-electron chi connectivity index (χ4n) is 6.38. The second-order valence-electron chi connectivity index (χ2n) is 11.2. The molecule has 7 nitrogen and oxygen atoms in total. The van der Waals surface area contributed by atoms with Crippen molar-refractivity contribution in [2.45, 2.75) is 32.7 Å². The topological polar surface area (TPSA) is 71.4 Å². The summed E-state index contributed by atoms with van der Waals surface area (Å²) in [5, 5.41) is 0.474. The van der Waals surface area contributed by atoms with Gasteiger partial charge in [-0.15, -0.1) is 0 Å². The van der Waals surface area contributed by atoms with Gasteiger partial charge in [-0.05, 0) is 43.5 Å². The number of aliphatic imine (C=N–C) groups is 1. The summed E-state index contributed by atoms with van der Waals surface area (Å²) in [5.74, 6) is -2.33. The Morgan fingerprint density at radius 3 is 2.05 bits per heavy atom. The Kier molecular flexibility index (Phi) is 10.6. The zero-order valence-electron chi connectivity index (χ0n) is 25.6. The van der Waals surface area contributed by atoms with Crippen molar-refractivity contribution in [3.05, 3.63) is 118 Å². The fraction of sp³-hybridized carbons (Fsp3) is 0.361. The van der Waals surface area contributed by atoms with E-state index in [9.17, 15) is 9.59 Å². The summed E-state index contributed by atoms with van der Waals surface area (Å²) in [7, 11) is 0. The third-order valence-corrected chi connectivity index (χ3v) is 8.82. The molecule has 3 aromatic rings. The summed E-state index contributed by atoms with van der Waals surface area (Å²) >= 11 is 6.61. The summed E-state index contributed by atoms with van der Waals surface area (Å²) in [5.41, 5.74) is 4.70. The molecule has 0 aliphatic carbocycles. The summed E-state index contributed by atoms with van der Waals surface area (Å²) in [6.45, 7) is 9.94. The molecule has 2 unspecified atom stereocenters. The highest BCUT2D eigenvalue weighted by Gasteiger charge is 2.43. The molecule has 230 valence electrons. The van der Waals surface area contributed by atoms with Crippen LogP contribution >= 0.6 is 11.6 Å². The molecule has 2 aliphatic heterocycles. The van der Waals surface area contributed by atoms with Crippen molar-refractivity contribution in [3.63, 3.8) is 0 Å². The monoisotopic (exact) mass is 613 g/mol. The minimum absolute atomic E-state index is 0.191. The van der Waals surface area contributed by atoms with Crippen molar-refractivity contribution >= 4 is 29.3 Å². The van der Waals surface area contributed by atoms with Gasteiger partial charge in [-0.2, -0.15) is 0 Å². The van der Waals surface area contributed by atoms with Gasteiger partial charge < -0.3 is 9.47 Å². The number of hydrogen-bond donors (Lipinski definition) is 0. The minimum atomic E-state index is -0.767. The van der Waals surface area contributed by atoms with Gasteiger partial charge in [0, 0.05) is 55.1 Å². The first kappa shape index (κ1) is 31.6. The number of benzene rings is 3. The van der Waals surface area contributed by atoms with Crippen LogP contribution in [0, 0.1) is 5.92 Å². The highest BCUT2D eigenvalue weighted by atomic mass is 35.5. The molecule has 0 radical (unpaired) electrons. The van der Waals surface area contributed by atoms with Gasteiger partial charge in [0.2, 0.25) is 0 Å². The van der Waals surface area contributed by atoms with E-state index in [-0.39, 0.29) is 19.3 Å². The highest BCUT2D eigenvalue weighted by Crippen LogP contribution is 2.42. The van der Waals surface area contributed by atoms with E-state index in [1.807, 2.05) is 18.2 Å². The van der Waals surface area contributed by atoms with Crippen LogP contribution in [-0.4, -0.2) is 73.4 Å². The third-order valence-electron chi connectivity index (χ3n) is 8.47. The van der Waals surface area contributed by atoms with Gasteiger partial charge in [0.15, 0.2) is 0 Å². The SMILES string of the molecule is CCOC(=O)C1C(C)=NC(C)=C(C(=O)OCCN2CCN(C(c3ccccc3)c3ccccc3)CC2)C1c1ccccc1Cl. The van der Waals surface area contributed by atoms with Gasteiger partial charge in [-0.1, -0.05) is 90.5 Å². The molecule has 1 saturated heterocycles. The predicted molar refractivity (Wildman–Crippen MR) is 174 cm³/mol. The van der Waals surface area contributed by atoms with Crippen molar-refractivity contribution in [1.29, 1.82) is 0 Å². The molecule has 5 rings (SSSR count). The van der Waals surface area contributed by atoms with Crippen molar-refractivity contribution in [1.82, 2.24) is 9.80 Å². The van der Waals surface area contributed by atoms with Crippen molar-refractivity contribution in [3.8, 4) is 0 Å². The quantitative estimate of drug-likeness (QED) is 0.250. The number of rotatable bonds is 10. The van der Waals surface area contributed by atoms with E-state index in [1.54, 1.807) is 26.8 Å². The third kappa shape index (κ3) is 7.12. The fourth-order valence-corrected chi connectivity index (χ4v) is 6.63. The highest BCUT2D eigenvalue weighted by molar-refractivity contribution is 6.31. The lowest BCUT2D eigenvalue weighted by Gasteiger charge is -2.39. The van der Waals surface area contributed by atoms with Crippen LogP contribution in [0.2, 0.25) is 5.02 Å². The Morgan fingerprint density at radius 1 is 0.864 bits per heavy atom. The van der Waals surface area contributed by atoms with E-state index in [4.69, 9.17) is 21.1 Å². The molecule has 0 N–H and O–H groups in total. The zero-order valence-corrected chi connectivity index (χ0v) is 26.4.